The first-order valence-electron chi connectivity index (χ1n) is 10.0. The summed E-state index contributed by atoms with van der Waals surface area (Å²) >= 11 is 0. The molecule has 0 radical (unpaired) electrons. The minimum Gasteiger partial charge on any atom is -0.338 e. The molecule has 3 aromatic rings. The molecule has 1 fully saturated rings. The van der Waals surface area contributed by atoms with E-state index in [1.54, 1.807) is 23.2 Å². The highest BCUT2D eigenvalue weighted by Gasteiger charge is 2.30. The predicted octanol–water partition coefficient (Wildman–Crippen LogP) is 3.70. The number of carbonyl (C=O) groups is 2. The molecule has 6 heteroatoms. The zero-order valence-electron chi connectivity index (χ0n) is 16.5. The van der Waals surface area contributed by atoms with Gasteiger partial charge in [-0.3, -0.25) is 19.3 Å². The van der Waals surface area contributed by atoms with Crippen molar-refractivity contribution in [3.8, 4) is 11.1 Å². The topological polar surface area (TPSA) is 68.1 Å². The summed E-state index contributed by atoms with van der Waals surface area (Å²) in [7, 11) is 0. The summed E-state index contributed by atoms with van der Waals surface area (Å²) in [6.45, 7) is 3.95. The van der Waals surface area contributed by atoms with Crippen molar-refractivity contribution in [1.29, 1.82) is 0 Å². The number of nitrogens with zero attached hydrogens (tertiary/aromatic N) is 4. The van der Waals surface area contributed by atoms with Crippen LogP contribution in [0.15, 0.2) is 61.1 Å². The van der Waals surface area contributed by atoms with Gasteiger partial charge < -0.3 is 4.90 Å². The Bertz CT molecular complexity index is 1010. The van der Waals surface area contributed by atoms with Gasteiger partial charge in [0.05, 0.1) is 6.20 Å². The number of hydrogen-bond acceptors (Lipinski definition) is 4. The number of aromatic nitrogens is 3. The van der Waals surface area contributed by atoms with Crippen molar-refractivity contribution in [1.82, 2.24) is 19.7 Å². The Labute approximate surface area is 170 Å². The second-order valence-corrected chi connectivity index (χ2v) is 7.34. The van der Waals surface area contributed by atoms with Crippen LogP contribution in [0, 0.1) is 5.92 Å². The van der Waals surface area contributed by atoms with Gasteiger partial charge in [-0.05, 0) is 49.6 Å². The normalized spacial score (nSPS) is 16.6. The molecule has 0 bridgehead atoms. The van der Waals surface area contributed by atoms with Crippen molar-refractivity contribution in [2.24, 2.45) is 5.92 Å². The summed E-state index contributed by atoms with van der Waals surface area (Å²) in [6, 6.07) is 13.0. The summed E-state index contributed by atoms with van der Waals surface area (Å²) in [5.74, 6) is -0.217. The molecule has 2 aromatic heterocycles. The maximum Gasteiger partial charge on any atom is 0.253 e. The zero-order chi connectivity index (χ0) is 20.2. The second-order valence-electron chi connectivity index (χ2n) is 7.34. The van der Waals surface area contributed by atoms with Crippen molar-refractivity contribution >= 4 is 11.7 Å². The number of Topliss-reactive ketones (excluding diaryl/α,β-unsaturated/α-hetero) is 1. The van der Waals surface area contributed by atoms with Crippen LogP contribution in [-0.2, 0) is 6.54 Å². The monoisotopic (exact) mass is 388 g/mol. The Balaban J connectivity index is 1.50. The largest absolute Gasteiger partial charge is 0.338 e. The molecule has 4 rings (SSSR count). The molecule has 1 amide bonds. The van der Waals surface area contributed by atoms with E-state index in [1.165, 1.54) is 0 Å². The van der Waals surface area contributed by atoms with Crippen LogP contribution in [0.25, 0.3) is 11.1 Å². The zero-order valence-corrected chi connectivity index (χ0v) is 16.5. The van der Waals surface area contributed by atoms with E-state index in [1.807, 2.05) is 54.3 Å². The van der Waals surface area contributed by atoms with E-state index >= 15 is 0 Å². The summed E-state index contributed by atoms with van der Waals surface area (Å²) in [6.07, 6.45) is 7.03. The van der Waals surface area contributed by atoms with Gasteiger partial charge in [0.1, 0.15) is 5.69 Å². The summed E-state index contributed by atoms with van der Waals surface area (Å²) < 4.78 is 1.86. The van der Waals surface area contributed by atoms with E-state index in [0.29, 0.717) is 24.3 Å². The molecular weight excluding hydrogens is 364 g/mol. The van der Waals surface area contributed by atoms with Gasteiger partial charge in [-0.2, -0.15) is 5.10 Å². The van der Waals surface area contributed by atoms with Crippen LogP contribution in [0.2, 0.25) is 0 Å². The number of rotatable bonds is 5. The van der Waals surface area contributed by atoms with Crippen molar-refractivity contribution < 1.29 is 9.59 Å². The highest BCUT2D eigenvalue weighted by Crippen LogP contribution is 2.24. The molecule has 1 aromatic carbocycles. The number of benzene rings is 1. The first kappa shape index (κ1) is 19.1. The minimum atomic E-state index is -0.200. The number of likely N-dealkylation sites (tertiary alicyclic amines) is 1. The highest BCUT2D eigenvalue weighted by atomic mass is 16.2. The average molecular weight is 388 g/mol. The van der Waals surface area contributed by atoms with Crippen molar-refractivity contribution in [2.75, 3.05) is 13.1 Å². The number of pyridine rings is 1. The third kappa shape index (κ3) is 4.11. The van der Waals surface area contributed by atoms with E-state index in [4.69, 9.17) is 0 Å². The van der Waals surface area contributed by atoms with Crippen LogP contribution >= 0.6 is 0 Å². The van der Waals surface area contributed by atoms with Gasteiger partial charge in [0.25, 0.3) is 5.91 Å². The smallest absolute Gasteiger partial charge is 0.253 e. The average Bonchev–Trinajstić information content (AvgIpc) is 3.28. The van der Waals surface area contributed by atoms with Crippen molar-refractivity contribution in [3.63, 3.8) is 0 Å². The summed E-state index contributed by atoms with van der Waals surface area (Å²) in [4.78, 5) is 31.9. The molecule has 0 aliphatic carbocycles. The van der Waals surface area contributed by atoms with Crippen LogP contribution in [0.4, 0.5) is 0 Å². The number of amides is 1. The number of piperidine rings is 1. The van der Waals surface area contributed by atoms with E-state index in [-0.39, 0.29) is 17.6 Å². The van der Waals surface area contributed by atoms with Crippen LogP contribution < -0.4 is 0 Å². The van der Waals surface area contributed by atoms with Crippen LogP contribution in [0.3, 0.4) is 0 Å². The Morgan fingerprint density at radius 3 is 2.79 bits per heavy atom. The standard InChI is InChI=1S/C23H24N4O2/c1-2-27-16-20(14-25-27)17-7-5-8-18(13-17)23(29)26-12-6-9-19(15-26)22(28)21-10-3-4-11-24-21/h3-5,7-8,10-11,13-14,16,19H,2,6,9,12,15H2,1H3. The maximum absolute atomic E-state index is 13.1. The molecule has 29 heavy (non-hydrogen) atoms. The molecule has 1 aliphatic heterocycles. The summed E-state index contributed by atoms with van der Waals surface area (Å²) in [5.41, 5.74) is 3.07. The summed E-state index contributed by atoms with van der Waals surface area (Å²) in [5, 5.41) is 4.31. The van der Waals surface area contributed by atoms with E-state index < -0.39 is 0 Å². The van der Waals surface area contributed by atoms with E-state index in [2.05, 4.69) is 10.1 Å². The molecular formula is C23H24N4O2. The van der Waals surface area contributed by atoms with Gasteiger partial charge in [-0.25, -0.2) is 0 Å². The Morgan fingerprint density at radius 1 is 1.14 bits per heavy atom. The predicted molar refractivity (Wildman–Crippen MR) is 111 cm³/mol. The third-order valence-electron chi connectivity index (χ3n) is 5.40. The minimum absolute atomic E-state index is 0.0174. The fraction of sp³-hybridized carbons (Fsp3) is 0.304. The van der Waals surface area contributed by atoms with Gasteiger partial charge in [-0.1, -0.05) is 18.2 Å². The Morgan fingerprint density at radius 2 is 2.03 bits per heavy atom. The molecule has 1 unspecified atom stereocenters. The lowest BCUT2D eigenvalue weighted by Gasteiger charge is -2.32. The molecule has 1 atom stereocenters. The van der Waals surface area contributed by atoms with E-state index in [0.717, 1.165) is 30.5 Å². The van der Waals surface area contributed by atoms with Gasteiger partial charge in [0, 0.05) is 49.1 Å². The molecule has 3 heterocycles. The SMILES string of the molecule is CCn1cc(-c2cccc(C(=O)N3CCCC(C(=O)c4ccccn4)C3)c2)cn1. The first-order chi connectivity index (χ1) is 14.2. The van der Waals surface area contributed by atoms with Gasteiger partial charge in [-0.15, -0.1) is 0 Å². The lowest BCUT2D eigenvalue weighted by Crippen LogP contribution is -2.42. The number of aryl methyl sites for hydroxylation is 1. The molecule has 6 nitrogen and oxygen atoms in total. The van der Waals surface area contributed by atoms with Crippen LogP contribution in [-0.4, -0.2) is 44.4 Å². The first-order valence-corrected chi connectivity index (χ1v) is 10.0. The molecule has 0 saturated carbocycles. The van der Waals surface area contributed by atoms with Gasteiger partial charge >= 0.3 is 0 Å². The number of hydrogen-bond donors (Lipinski definition) is 0. The van der Waals surface area contributed by atoms with Gasteiger partial charge in [0.15, 0.2) is 5.78 Å². The van der Waals surface area contributed by atoms with Crippen LogP contribution in [0.1, 0.15) is 40.6 Å². The fourth-order valence-electron chi connectivity index (χ4n) is 3.79. The maximum atomic E-state index is 13.1. The molecule has 148 valence electrons. The number of ketones is 1. The molecule has 1 saturated heterocycles. The Hall–Kier alpha value is -3.28. The molecule has 0 N–H and O–H groups in total. The molecule has 0 spiro atoms. The lowest BCUT2D eigenvalue weighted by atomic mass is 9.91. The lowest BCUT2D eigenvalue weighted by molar-refractivity contribution is 0.0635. The fourth-order valence-corrected chi connectivity index (χ4v) is 3.79. The quantitative estimate of drug-likeness (QED) is 0.625. The van der Waals surface area contributed by atoms with E-state index in [9.17, 15) is 9.59 Å². The highest BCUT2D eigenvalue weighted by molar-refractivity contribution is 5.98. The van der Waals surface area contributed by atoms with Gasteiger partial charge in [0.2, 0.25) is 0 Å². The third-order valence-corrected chi connectivity index (χ3v) is 5.40. The Kier molecular flexibility index (Phi) is 5.51. The number of carbonyl (C=O) groups excluding carboxylic acids is 2. The van der Waals surface area contributed by atoms with Crippen molar-refractivity contribution in [2.45, 2.75) is 26.3 Å². The second kappa shape index (κ2) is 8.39. The van der Waals surface area contributed by atoms with Crippen LogP contribution in [0.5, 0.6) is 0 Å². The molecule has 1 aliphatic rings. The van der Waals surface area contributed by atoms with Crippen molar-refractivity contribution in [3.05, 3.63) is 72.3 Å².